The van der Waals surface area contributed by atoms with E-state index in [1.807, 2.05) is 65.0 Å². The molecule has 0 bridgehead atoms. The van der Waals surface area contributed by atoms with Crippen LogP contribution in [-0.4, -0.2) is 40.9 Å². The zero-order chi connectivity index (χ0) is 23.8. The highest BCUT2D eigenvalue weighted by atomic mass is 16.5. The number of rotatable bonds is 10. The van der Waals surface area contributed by atoms with E-state index in [-0.39, 0.29) is 5.92 Å². The summed E-state index contributed by atoms with van der Waals surface area (Å²) in [5, 5.41) is 9.32. The molecule has 1 unspecified atom stereocenters. The number of carbonyl (C=O) groups excluding carboxylic acids is 3. The summed E-state index contributed by atoms with van der Waals surface area (Å²) in [6.45, 7) is 9.43. The summed E-state index contributed by atoms with van der Waals surface area (Å²) in [7, 11) is 1.42. The first kappa shape index (κ1) is 26.8. The SMILES string of the molecule is CC(C)C[C@@H](C(=O)N(C)C(=O)[C@@H](N)C(C)(C)C)C(CCCc1ccccc1)C(=O)NO. The standard InChI is InChI=1S/C24H39N3O4/c1-16(2)15-19(22(29)27(6)23(30)20(25)24(3,4)5)18(21(28)26-31)14-10-13-17-11-8-7-9-12-17/h7-9,11-12,16,18-20,31H,10,13-15,25H2,1-6H3,(H,26,28)/t18?,19-,20-/m1/s1. The molecule has 31 heavy (non-hydrogen) atoms. The molecule has 7 nitrogen and oxygen atoms in total. The fourth-order valence-electron chi connectivity index (χ4n) is 3.65. The van der Waals surface area contributed by atoms with Crippen molar-refractivity contribution in [2.75, 3.05) is 7.05 Å². The van der Waals surface area contributed by atoms with Crippen molar-refractivity contribution in [2.24, 2.45) is 28.9 Å². The van der Waals surface area contributed by atoms with Crippen LogP contribution in [0.5, 0.6) is 0 Å². The quantitative estimate of drug-likeness (QED) is 0.387. The lowest BCUT2D eigenvalue weighted by atomic mass is 9.80. The van der Waals surface area contributed by atoms with Gasteiger partial charge in [0.05, 0.1) is 17.9 Å². The average Bonchev–Trinajstić information content (AvgIpc) is 2.72. The number of amides is 3. The van der Waals surface area contributed by atoms with Crippen molar-refractivity contribution in [3.63, 3.8) is 0 Å². The van der Waals surface area contributed by atoms with Crippen molar-refractivity contribution in [2.45, 2.75) is 66.3 Å². The highest BCUT2D eigenvalue weighted by Crippen LogP contribution is 2.29. The van der Waals surface area contributed by atoms with Gasteiger partial charge in [0.1, 0.15) is 0 Å². The molecule has 0 saturated heterocycles. The maximum Gasteiger partial charge on any atom is 0.247 e. The number of hydrogen-bond donors (Lipinski definition) is 3. The minimum Gasteiger partial charge on any atom is -0.319 e. The minimum atomic E-state index is -0.843. The molecule has 0 spiro atoms. The smallest absolute Gasteiger partial charge is 0.247 e. The molecule has 1 rings (SSSR count). The van der Waals surface area contributed by atoms with Gasteiger partial charge in [-0.3, -0.25) is 24.5 Å². The molecule has 0 fully saturated rings. The van der Waals surface area contributed by atoms with Gasteiger partial charge in [-0.2, -0.15) is 0 Å². The van der Waals surface area contributed by atoms with Gasteiger partial charge in [-0.05, 0) is 42.6 Å². The zero-order valence-electron chi connectivity index (χ0n) is 19.7. The van der Waals surface area contributed by atoms with E-state index in [2.05, 4.69) is 0 Å². The molecule has 0 radical (unpaired) electrons. The van der Waals surface area contributed by atoms with Crippen LogP contribution in [0.3, 0.4) is 0 Å². The maximum absolute atomic E-state index is 13.3. The molecule has 0 heterocycles. The average molecular weight is 434 g/mol. The van der Waals surface area contributed by atoms with Crippen molar-refractivity contribution >= 4 is 17.7 Å². The van der Waals surface area contributed by atoms with Crippen molar-refractivity contribution in [1.29, 1.82) is 0 Å². The third kappa shape index (κ3) is 8.07. The molecule has 3 amide bonds. The number of imide groups is 1. The molecule has 0 aliphatic heterocycles. The Hall–Kier alpha value is -2.25. The first-order valence-electron chi connectivity index (χ1n) is 10.9. The lowest BCUT2D eigenvalue weighted by Crippen LogP contribution is -2.53. The van der Waals surface area contributed by atoms with E-state index in [0.29, 0.717) is 19.3 Å². The molecule has 0 aliphatic carbocycles. The van der Waals surface area contributed by atoms with Gasteiger partial charge in [-0.15, -0.1) is 0 Å². The molecular weight excluding hydrogens is 394 g/mol. The van der Waals surface area contributed by atoms with Gasteiger partial charge < -0.3 is 5.73 Å². The van der Waals surface area contributed by atoms with Crippen LogP contribution in [0, 0.1) is 23.2 Å². The first-order chi connectivity index (χ1) is 14.4. The predicted molar refractivity (Wildman–Crippen MR) is 121 cm³/mol. The third-order valence-corrected chi connectivity index (χ3v) is 5.66. The molecule has 3 atom stereocenters. The topological polar surface area (TPSA) is 113 Å². The molecule has 0 aliphatic rings. The van der Waals surface area contributed by atoms with E-state index in [4.69, 9.17) is 5.73 Å². The molecule has 1 aromatic carbocycles. The van der Waals surface area contributed by atoms with E-state index in [0.717, 1.165) is 16.9 Å². The summed E-state index contributed by atoms with van der Waals surface area (Å²) >= 11 is 0. The monoisotopic (exact) mass is 433 g/mol. The van der Waals surface area contributed by atoms with Crippen LogP contribution in [0.4, 0.5) is 0 Å². The molecule has 1 aromatic rings. The molecule has 0 saturated carbocycles. The van der Waals surface area contributed by atoms with E-state index in [9.17, 15) is 19.6 Å². The fourth-order valence-corrected chi connectivity index (χ4v) is 3.65. The van der Waals surface area contributed by atoms with Crippen molar-refractivity contribution < 1.29 is 19.6 Å². The zero-order valence-corrected chi connectivity index (χ0v) is 19.7. The normalized spacial score (nSPS) is 14.6. The highest BCUT2D eigenvalue weighted by Gasteiger charge is 2.39. The van der Waals surface area contributed by atoms with Crippen molar-refractivity contribution in [1.82, 2.24) is 10.4 Å². The predicted octanol–water partition coefficient (Wildman–Crippen LogP) is 3.15. The molecular formula is C24H39N3O4. The lowest BCUT2D eigenvalue weighted by Gasteiger charge is -2.33. The van der Waals surface area contributed by atoms with E-state index in [1.54, 1.807) is 5.48 Å². The third-order valence-electron chi connectivity index (χ3n) is 5.66. The van der Waals surface area contributed by atoms with Gasteiger partial charge in [0.2, 0.25) is 17.7 Å². The Morgan fingerprint density at radius 2 is 1.65 bits per heavy atom. The Morgan fingerprint density at radius 3 is 2.13 bits per heavy atom. The summed E-state index contributed by atoms with van der Waals surface area (Å²) < 4.78 is 0. The Labute approximate surface area is 186 Å². The van der Waals surface area contributed by atoms with Crippen LogP contribution in [0.2, 0.25) is 0 Å². The second kappa shape index (κ2) is 12.0. The van der Waals surface area contributed by atoms with Gasteiger partial charge in [-0.1, -0.05) is 65.0 Å². The number of nitrogens with two attached hydrogens (primary N) is 1. The number of nitrogens with one attached hydrogen (secondary N) is 1. The number of hydrogen-bond acceptors (Lipinski definition) is 5. The van der Waals surface area contributed by atoms with Crippen molar-refractivity contribution in [3.8, 4) is 0 Å². The van der Waals surface area contributed by atoms with E-state index in [1.165, 1.54) is 7.05 Å². The largest absolute Gasteiger partial charge is 0.319 e. The number of nitrogens with zero attached hydrogens (tertiary/aromatic N) is 1. The van der Waals surface area contributed by atoms with Gasteiger partial charge in [0.15, 0.2) is 0 Å². The second-order valence-electron chi connectivity index (χ2n) is 9.78. The Bertz CT molecular complexity index is 728. The number of carbonyl (C=O) groups is 3. The second-order valence-corrected chi connectivity index (χ2v) is 9.78. The molecule has 7 heteroatoms. The van der Waals surface area contributed by atoms with E-state index >= 15 is 0 Å². The lowest BCUT2D eigenvalue weighted by molar-refractivity contribution is -0.152. The van der Waals surface area contributed by atoms with Gasteiger partial charge in [0, 0.05) is 7.05 Å². The first-order valence-corrected chi connectivity index (χ1v) is 10.9. The number of benzene rings is 1. The van der Waals surface area contributed by atoms with E-state index < -0.39 is 41.0 Å². The number of likely N-dealkylation sites (N-methyl/N-ethyl adjacent to an activating group) is 1. The number of aryl methyl sites for hydroxylation is 1. The van der Waals surface area contributed by atoms with Gasteiger partial charge >= 0.3 is 0 Å². The van der Waals surface area contributed by atoms with Crippen LogP contribution in [-0.2, 0) is 20.8 Å². The van der Waals surface area contributed by atoms with Gasteiger partial charge in [0.25, 0.3) is 0 Å². The van der Waals surface area contributed by atoms with Crippen LogP contribution >= 0.6 is 0 Å². The fraction of sp³-hybridized carbons (Fsp3) is 0.625. The van der Waals surface area contributed by atoms with Crippen molar-refractivity contribution in [3.05, 3.63) is 35.9 Å². The number of hydroxylamine groups is 1. The Balaban J connectivity index is 3.06. The molecule has 174 valence electrons. The Kier molecular flexibility index (Phi) is 10.3. The summed E-state index contributed by atoms with van der Waals surface area (Å²) in [6.07, 6.45) is 2.26. The summed E-state index contributed by atoms with van der Waals surface area (Å²) in [6, 6.07) is 9.03. The van der Waals surface area contributed by atoms with Gasteiger partial charge in [-0.25, -0.2) is 5.48 Å². The van der Waals surface area contributed by atoms with Crippen LogP contribution in [0.15, 0.2) is 30.3 Å². The van der Waals surface area contributed by atoms with Crippen LogP contribution < -0.4 is 11.2 Å². The minimum absolute atomic E-state index is 0.122. The maximum atomic E-state index is 13.3. The summed E-state index contributed by atoms with van der Waals surface area (Å²) in [4.78, 5) is 39.7. The molecule has 4 N–H and O–H groups in total. The van der Waals surface area contributed by atoms with Crippen LogP contribution in [0.1, 0.15) is 59.4 Å². The van der Waals surface area contributed by atoms with Crippen LogP contribution in [0.25, 0.3) is 0 Å². The summed E-state index contributed by atoms with van der Waals surface area (Å²) in [5.74, 6) is -2.87. The highest BCUT2D eigenvalue weighted by molar-refractivity contribution is 6.00. The molecule has 0 aromatic heterocycles. The Morgan fingerprint density at radius 1 is 1.06 bits per heavy atom. The summed E-state index contributed by atoms with van der Waals surface area (Å²) in [5.41, 5.74) is 8.43.